The molecule has 58 heavy (non-hydrogen) atoms. The average Bonchev–Trinajstić information content (AvgIpc) is 3.88. The first-order valence-electron chi connectivity index (χ1n) is 19.3. The molecular formula is C52H30N4O2. The summed E-state index contributed by atoms with van der Waals surface area (Å²) in [5.74, 6) is 1.79. The van der Waals surface area contributed by atoms with Crippen molar-refractivity contribution in [3.05, 3.63) is 182 Å². The van der Waals surface area contributed by atoms with Gasteiger partial charge in [0.25, 0.3) is 0 Å². The minimum Gasteiger partial charge on any atom is -0.455 e. The molecule has 0 saturated heterocycles. The molecule has 6 nitrogen and oxygen atoms in total. The summed E-state index contributed by atoms with van der Waals surface area (Å²) in [6.07, 6.45) is 0. The van der Waals surface area contributed by atoms with Gasteiger partial charge in [0, 0.05) is 54.7 Å². The highest BCUT2D eigenvalue weighted by atomic mass is 16.3. The molecule has 0 aliphatic rings. The summed E-state index contributed by atoms with van der Waals surface area (Å²) in [7, 11) is 0. The van der Waals surface area contributed by atoms with E-state index in [0.29, 0.717) is 17.5 Å². The lowest BCUT2D eigenvalue weighted by Crippen LogP contribution is -2.01. The Morgan fingerprint density at radius 3 is 1.53 bits per heavy atom. The molecule has 4 heterocycles. The maximum Gasteiger partial charge on any atom is 0.164 e. The number of rotatable bonds is 5. The van der Waals surface area contributed by atoms with E-state index in [9.17, 15) is 0 Å². The maximum atomic E-state index is 6.48. The number of aromatic nitrogens is 4. The number of hydrogen-bond donors (Lipinski definition) is 0. The highest BCUT2D eigenvalue weighted by molar-refractivity contribution is 6.16. The van der Waals surface area contributed by atoms with Gasteiger partial charge < -0.3 is 8.83 Å². The Morgan fingerprint density at radius 2 is 0.776 bits per heavy atom. The van der Waals surface area contributed by atoms with E-state index < -0.39 is 0 Å². The van der Waals surface area contributed by atoms with Crippen molar-refractivity contribution in [2.45, 2.75) is 0 Å². The Balaban J connectivity index is 1.01. The van der Waals surface area contributed by atoms with Crippen LogP contribution in [-0.4, -0.2) is 19.9 Å². The topological polar surface area (TPSA) is 77.8 Å². The van der Waals surface area contributed by atoms with Gasteiger partial charge in [-0.25, -0.2) is 19.9 Å². The molecule has 0 radical (unpaired) electrons. The smallest absolute Gasteiger partial charge is 0.164 e. The lowest BCUT2D eigenvalue weighted by Gasteiger charge is -2.13. The molecule has 0 saturated carbocycles. The first kappa shape index (κ1) is 32.3. The van der Waals surface area contributed by atoms with Crippen LogP contribution in [0.25, 0.3) is 122 Å². The number of benzene rings is 8. The maximum absolute atomic E-state index is 6.48. The summed E-state index contributed by atoms with van der Waals surface area (Å²) in [5.41, 5.74) is 11.0. The Bertz CT molecular complexity index is 3570. The van der Waals surface area contributed by atoms with Gasteiger partial charge in [-0.3, -0.25) is 0 Å². The van der Waals surface area contributed by atoms with Crippen molar-refractivity contribution in [3.8, 4) is 56.5 Å². The minimum atomic E-state index is 0.588. The summed E-state index contributed by atoms with van der Waals surface area (Å²) < 4.78 is 12.8. The minimum absolute atomic E-state index is 0.588. The van der Waals surface area contributed by atoms with Gasteiger partial charge >= 0.3 is 0 Å². The predicted molar refractivity (Wildman–Crippen MR) is 234 cm³/mol. The van der Waals surface area contributed by atoms with E-state index in [1.165, 1.54) is 0 Å². The van der Waals surface area contributed by atoms with Crippen LogP contribution >= 0.6 is 0 Å². The summed E-state index contributed by atoms with van der Waals surface area (Å²) >= 11 is 0. The Morgan fingerprint density at radius 1 is 0.276 bits per heavy atom. The van der Waals surface area contributed by atoms with E-state index >= 15 is 0 Å². The fraction of sp³-hybridized carbons (Fsp3) is 0. The first-order valence-corrected chi connectivity index (χ1v) is 19.3. The lowest BCUT2D eigenvalue weighted by atomic mass is 9.93. The van der Waals surface area contributed by atoms with E-state index in [2.05, 4.69) is 109 Å². The van der Waals surface area contributed by atoms with Crippen molar-refractivity contribution < 1.29 is 8.83 Å². The molecule has 12 rings (SSSR count). The molecule has 0 unspecified atom stereocenters. The van der Waals surface area contributed by atoms with Gasteiger partial charge in [0.1, 0.15) is 22.3 Å². The molecule has 0 bridgehead atoms. The summed E-state index contributed by atoms with van der Waals surface area (Å²) in [6.45, 7) is 0. The fourth-order valence-electron chi connectivity index (χ4n) is 8.41. The molecule has 0 aliphatic carbocycles. The molecule has 8 aromatic carbocycles. The molecule has 6 heteroatoms. The van der Waals surface area contributed by atoms with E-state index in [4.69, 9.17) is 28.8 Å². The zero-order valence-electron chi connectivity index (χ0n) is 30.9. The van der Waals surface area contributed by atoms with Crippen molar-refractivity contribution in [3.63, 3.8) is 0 Å². The zero-order valence-corrected chi connectivity index (χ0v) is 30.9. The van der Waals surface area contributed by atoms with Crippen LogP contribution in [0, 0.1) is 0 Å². The number of nitrogens with zero attached hydrogens (tertiary/aromatic N) is 4. The number of para-hydroxylation sites is 3. The standard InChI is InChI=1S/C52H30N4O2/c1-2-13-32(14-3-1)50-54-51(33-27-25-31(26-28-33)46-38-18-6-7-19-41(38)49-47(53-46)43-20-9-11-24-45(43)58-49)56-52(55-50)42-30-29-36(34-15-4-5-16-35(34)42)39-21-12-22-40-37-17-8-10-23-44(37)57-48(39)40/h1-30H. The predicted octanol–water partition coefficient (Wildman–Crippen LogP) is 13.7. The van der Waals surface area contributed by atoms with Crippen LogP contribution < -0.4 is 0 Å². The molecule has 0 amide bonds. The fourth-order valence-corrected chi connectivity index (χ4v) is 8.41. The number of hydrogen-bond acceptors (Lipinski definition) is 6. The highest BCUT2D eigenvalue weighted by Crippen LogP contribution is 2.42. The van der Waals surface area contributed by atoms with E-state index in [1.807, 2.05) is 72.8 Å². The molecule has 4 aromatic heterocycles. The monoisotopic (exact) mass is 742 g/mol. The van der Waals surface area contributed by atoms with Crippen molar-refractivity contribution in [1.82, 2.24) is 19.9 Å². The molecule has 12 aromatic rings. The average molecular weight is 743 g/mol. The van der Waals surface area contributed by atoms with Crippen LogP contribution in [0.2, 0.25) is 0 Å². The second-order valence-corrected chi connectivity index (χ2v) is 14.5. The second kappa shape index (κ2) is 12.8. The van der Waals surface area contributed by atoms with Crippen LogP contribution in [0.5, 0.6) is 0 Å². The van der Waals surface area contributed by atoms with Crippen molar-refractivity contribution in [2.75, 3.05) is 0 Å². The van der Waals surface area contributed by atoms with Gasteiger partial charge in [-0.15, -0.1) is 0 Å². The quantitative estimate of drug-likeness (QED) is 0.175. The third kappa shape index (κ3) is 5.05. The Kier molecular flexibility index (Phi) is 7.13. The SMILES string of the molecule is c1ccc(-c2nc(-c3ccc(-c4nc5c6ccccc6oc5c5ccccc45)cc3)nc(-c3ccc(-c4cccc5c4oc4ccccc45)c4ccccc34)n2)cc1. The van der Waals surface area contributed by atoms with Crippen LogP contribution in [-0.2, 0) is 0 Å². The molecule has 0 fully saturated rings. The van der Waals surface area contributed by atoms with Gasteiger partial charge in [-0.05, 0) is 40.6 Å². The van der Waals surface area contributed by atoms with Gasteiger partial charge in [-0.1, -0.05) is 158 Å². The normalized spacial score (nSPS) is 11.8. The number of pyridine rings is 1. The van der Waals surface area contributed by atoms with Crippen LogP contribution in [0.4, 0.5) is 0 Å². The Hall–Kier alpha value is -7.96. The number of furan rings is 2. The molecular weight excluding hydrogens is 713 g/mol. The first-order chi connectivity index (χ1) is 28.7. The van der Waals surface area contributed by atoms with Gasteiger partial charge in [-0.2, -0.15) is 0 Å². The molecule has 270 valence electrons. The molecule has 0 aliphatic heterocycles. The zero-order chi connectivity index (χ0) is 38.2. The second-order valence-electron chi connectivity index (χ2n) is 14.5. The van der Waals surface area contributed by atoms with Crippen LogP contribution in [0.15, 0.2) is 191 Å². The summed E-state index contributed by atoms with van der Waals surface area (Å²) in [5, 5.41) is 7.40. The van der Waals surface area contributed by atoms with Gasteiger partial charge in [0.05, 0.1) is 5.69 Å². The van der Waals surface area contributed by atoms with E-state index in [-0.39, 0.29) is 0 Å². The highest BCUT2D eigenvalue weighted by Gasteiger charge is 2.20. The van der Waals surface area contributed by atoms with Crippen molar-refractivity contribution in [2.24, 2.45) is 0 Å². The molecule has 0 spiro atoms. The molecule has 0 N–H and O–H groups in total. The summed E-state index contributed by atoms with van der Waals surface area (Å²) in [6, 6.07) is 62.1. The molecule has 0 atom stereocenters. The van der Waals surface area contributed by atoms with Crippen LogP contribution in [0.3, 0.4) is 0 Å². The largest absolute Gasteiger partial charge is 0.455 e. The van der Waals surface area contributed by atoms with E-state index in [1.54, 1.807) is 0 Å². The number of fused-ring (bicyclic) bond motifs is 9. The van der Waals surface area contributed by atoms with Crippen molar-refractivity contribution in [1.29, 1.82) is 0 Å². The van der Waals surface area contributed by atoms with E-state index in [0.717, 1.165) is 105 Å². The third-order valence-electron chi connectivity index (χ3n) is 11.2. The summed E-state index contributed by atoms with van der Waals surface area (Å²) in [4.78, 5) is 20.6. The van der Waals surface area contributed by atoms with Crippen molar-refractivity contribution >= 4 is 65.6 Å². The van der Waals surface area contributed by atoms with Gasteiger partial charge in [0.2, 0.25) is 0 Å². The lowest BCUT2D eigenvalue weighted by molar-refractivity contribution is 0.670. The van der Waals surface area contributed by atoms with Gasteiger partial charge in [0.15, 0.2) is 23.1 Å². The third-order valence-corrected chi connectivity index (χ3v) is 11.2. The van der Waals surface area contributed by atoms with Crippen LogP contribution in [0.1, 0.15) is 0 Å². The Labute approximate surface area is 331 Å².